The molecule has 0 fully saturated rings. The van der Waals surface area contributed by atoms with E-state index >= 15 is 0 Å². The number of benzene rings is 2. The van der Waals surface area contributed by atoms with Crippen LogP contribution in [0.25, 0.3) is 21.9 Å². The van der Waals surface area contributed by atoms with Crippen LogP contribution in [0.5, 0.6) is 11.5 Å². The third-order valence-corrected chi connectivity index (χ3v) is 4.92. The Morgan fingerprint density at radius 1 is 1.13 bits per heavy atom. The van der Waals surface area contributed by atoms with Crippen LogP contribution in [0.2, 0.25) is 10.0 Å². The summed E-state index contributed by atoms with van der Waals surface area (Å²) in [6, 6.07) is 6.51. The van der Waals surface area contributed by atoms with Gasteiger partial charge in [-0.2, -0.15) is 0 Å². The van der Waals surface area contributed by atoms with Crippen molar-refractivity contribution in [3.63, 3.8) is 0 Å². The van der Waals surface area contributed by atoms with Crippen molar-refractivity contribution in [1.82, 2.24) is 4.98 Å². The molecule has 160 valence electrons. The van der Waals surface area contributed by atoms with Crippen LogP contribution in [0.4, 0.5) is 18.9 Å². The minimum Gasteiger partial charge on any atom is -0.493 e. The zero-order valence-electron chi connectivity index (χ0n) is 15.5. The van der Waals surface area contributed by atoms with Crippen molar-refractivity contribution in [1.29, 1.82) is 0 Å². The van der Waals surface area contributed by atoms with E-state index in [1.165, 1.54) is 37.7 Å². The fourth-order valence-electron chi connectivity index (χ4n) is 3.09. The van der Waals surface area contributed by atoms with Gasteiger partial charge in [-0.1, -0.05) is 23.2 Å². The highest BCUT2D eigenvalue weighted by atomic mass is 35.5. The predicted octanol–water partition coefficient (Wildman–Crippen LogP) is 6.45. The maximum atomic E-state index is 13.0. The number of anilines is 1. The topological polar surface area (TPSA) is 73.6 Å². The van der Waals surface area contributed by atoms with Crippen molar-refractivity contribution >= 4 is 56.7 Å². The van der Waals surface area contributed by atoms with E-state index in [1.54, 1.807) is 0 Å². The lowest BCUT2D eigenvalue weighted by molar-refractivity contribution is -0.274. The Balaban J connectivity index is 1.89. The van der Waals surface area contributed by atoms with E-state index < -0.39 is 18.0 Å². The summed E-state index contributed by atoms with van der Waals surface area (Å²) in [5.74, 6) is -0.786. The molecule has 0 aliphatic carbocycles. The van der Waals surface area contributed by atoms with Gasteiger partial charge < -0.3 is 19.2 Å². The Labute approximate surface area is 182 Å². The molecule has 0 unspecified atom stereocenters. The van der Waals surface area contributed by atoms with E-state index in [0.717, 1.165) is 12.1 Å². The number of amides is 1. The molecule has 0 saturated heterocycles. The van der Waals surface area contributed by atoms with Crippen LogP contribution in [0.3, 0.4) is 0 Å². The monoisotopic (exact) mass is 470 g/mol. The number of nitrogens with zero attached hydrogens (tertiary/aromatic N) is 1. The average molecular weight is 471 g/mol. The van der Waals surface area contributed by atoms with Gasteiger partial charge in [-0.15, -0.1) is 13.2 Å². The number of ether oxygens (including phenoxy) is 2. The van der Waals surface area contributed by atoms with Crippen molar-refractivity contribution in [2.45, 2.75) is 6.36 Å². The number of carbonyl (C=O) groups excluding carboxylic acids is 1. The van der Waals surface area contributed by atoms with Gasteiger partial charge in [0, 0.05) is 23.2 Å². The normalized spacial score (nSPS) is 11.7. The molecule has 1 amide bonds. The van der Waals surface area contributed by atoms with E-state index in [-0.39, 0.29) is 43.2 Å². The molecular weight excluding hydrogens is 460 g/mol. The Morgan fingerprint density at radius 3 is 2.48 bits per heavy atom. The molecule has 11 heteroatoms. The largest absolute Gasteiger partial charge is 0.573 e. The minimum atomic E-state index is -4.88. The van der Waals surface area contributed by atoms with Crippen LogP contribution >= 0.6 is 23.2 Å². The first-order valence-electron chi connectivity index (χ1n) is 8.57. The zero-order chi connectivity index (χ0) is 22.3. The van der Waals surface area contributed by atoms with Gasteiger partial charge in [0.05, 0.1) is 28.4 Å². The highest BCUT2D eigenvalue weighted by Gasteiger charge is 2.31. The van der Waals surface area contributed by atoms with Crippen LogP contribution < -0.4 is 14.8 Å². The molecule has 31 heavy (non-hydrogen) atoms. The quantitative estimate of drug-likeness (QED) is 0.371. The number of pyridine rings is 1. The number of methoxy groups -OCH3 is 1. The molecule has 0 saturated carbocycles. The van der Waals surface area contributed by atoms with Gasteiger partial charge >= 0.3 is 6.36 Å². The number of carbonyl (C=O) groups is 1. The van der Waals surface area contributed by atoms with Crippen molar-refractivity contribution in [2.75, 3.05) is 12.4 Å². The summed E-state index contributed by atoms with van der Waals surface area (Å²) >= 11 is 12.1. The second-order valence-corrected chi connectivity index (χ2v) is 7.07. The van der Waals surface area contributed by atoms with Gasteiger partial charge in [0.25, 0.3) is 5.91 Å². The van der Waals surface area contributed by atoms with Crippen LogP contribution in [0.1, 0.15) is 10.4 Å². The molecule has 0 bridgehead atoms. The van der Waals surface area contributed by atoms with Gasteiger partial charge in [0.2, 0.25) is 0 Å². The molecule has 0 aliphatic heterocycles. The lowest BCUT2D eigenvalue weighted by Crippen LogP contribution is -2.17. The summed E-state index contributed by atoms with van der Waals surface area (Å²) in [6.45, 7) is 0. The van der Waals surface area contributed by atoms with Crippen LogP contribution in [0, 0.1) is 0 Å². The summed E-state index contributed by atoms with van der Waals surface area (Å²) in [5.41, 5.74) is 0.660. The highest BCUT2D eigenvalue weighted by molar-refractivity contribution is 6.40. The molecule has 6 nitrogen and oxygen atoms in total. The highest BCUT2D eigenvalue weighted by Crippen LogP contribution is 2.40. The van der Waals surface area contributed by atoms with E-state index in [1.807, 2.05) is 0 Å². The smallest absolute Gasteiger partial charge is 0.493 e. The average Bonchev–Trinajstić information content (AvgIpc) is 3.07. The third-order valence-electron chi connectivity index (χ3n) is 4.34. The number of hydrogen-bond acceptors (Lipinski definition) is 5. The predicted molar refractivity (Wildman–Crippen MR) is 109 cm³/mol. The first-order chi connectivity index (χ1) is 14.7. The second-order valence-electron chi connectivity index (χ2n) is 6.26. The second kappa shape index (κ2) is 7.82. The first kappa shape index (κ1) is 21.1. The van der Waals surface area contributed by atoms with Crippen molar-refractivity contribution < 1.29 is 31.9 Å². The van der Waals surface area contributed by atoms with Crippen LogP contribution in [0.15, 0.2) is 47.1 Å². The van der Waals surface area contributed by atoms with E-state index in [2.05, 4.69) is 15.0 Å². The summed E-state index contributed by atoms with van der Waals surface area (Å²) < 4.78 is 53.0. The maximum absolute atomic E-state index is 13.0. The number of rotatable bonds is 4. The van der Waals surface area contributed by atoms with Gasteiger partial charge in [-0.3, -0.25) is 9.78 Å². The molecule has 0 radical (unpaired) electrons. The Kier molecular flexibility index (Phi) is 5.32. The molecule has 0 spiro atoms. The summed E-state index contributed by atoms with van der Waals surface area (Å²) in [7, 11) is 1.40. The molecule has 0 atom stereocenters. The molecule has 4 rings (SSSR count). The Hall–Kier alpha value is -3.17. The number of aromatic nitrogens is 1. The Morgan fingerprint density at radius 2 is 1.84 bits per heavy atom. The van der Waals surface area contributed by atoms with Crippen LogP contribution in [-0.4, -0.2) is 24.4 Å². The molecule has 2 aromatic carbocycles. The van der Waals surface area contributed by atoms with Crippen LogP contribution in [-0.2, 0) is 0 Å². The fourth-order valence-corrected chi connectivity index (χ4v) is 3.55. The summed E-state index contributed by atoms with van der Waals surface area (Å²) in [4.78, 5) is 16.9. The molecule has 0 aliphatic rings. The molecular formula is C20H11Cl2F3N2O4. The zero-order valence-corrected chi connectivity index (χ0v) is 17.0. The van der Waals surface area contributed by atoms with Gasteiger partial charge in [0.1, 0.15) is 11.3 Å². The summed E-state index contributed by atoms with van der Waals surface area (Å²) in [5, 5.41) is 3.29. The fraction of sp³-hybridized carbons (Fsp3) is 0.100. The molecule has 4 aromatic rings. The lowest BCUT2D eigenvalue weighted by Gasteiger charge is -2.11. The Bertz CT molecular complexity index is 1300. The number of furan rings is 1. The number of nitrogens with one attached hydrogen (secondary N) is 1. The van der Waals surface area contributed by atoms with E-state index in [4.69, 9.17) is 32.4 Å². The van der Waals surface area contributed by atoms with Crippen molar-refractivity contribution in [2.24, 2.45) is 0 Å². The third kappa shape index (κ3) is 4.06. The minimum absolute atomic E-state index is 0.0997. The van der Waals surface area contributed by atoms with Crippen molar-refractivity contribution in [3.8, 4) is 11.5 Å². The van der Waals surface area contributed by atoms with Gasteiger partial charge in [0.15, 0.2) is 11.3 Å². The standard InChI is InChI=1S/C20H11Cl2F3N2O4/c1-29-15-5-3-10(19(28)27-17-12(21)7-26-8-13(17)22)16-11-6-9(31-20(23,24)25)2-4-14(11)30-18(15)16/h2-8H,1H3,(H,26,27,28). The number of hydrogen-bond donors (Lipinski definition) is 1. The SMILES string of the molecule is COc1ccc(C(=O)Nc2c(Cl)cncc2Cl)c2c1oc1ccc(OC(F)(F)F)cc12. The maximum Gasteiger partial charge on any atom is 0.573 e. The van der Waals surface area contributed by atoms with Gasteiger partial charge in [-0.05, 0) is 30.3 Å². The number of fused-ring (bicyclic) bond motifs is 3. The summed E-state index contributed by atoms with van der Waals surface area (Å²) in [6.07, 6.45) is -2.26. The lowest BCUT2D eigenvalue weighted by atomic mass is 10.0. The number of halogens is 5. The van der Waals surface area contributed by atoms with E-state index in [9.17, 15) is 18.0 Å². The molecule has 2 heterocycles. The van der Waals surface area contributed by atoms with Gasteiger partial charge in [-0.25, -0.2) is 0 Å². The molecule has 1 N–H and O–H groups in total. The van der Waals surface area contributed by atoms with E-state index in [0.29, 0.717) is 5.75 Å². The molecule has 2 aromatic heterocycles. The first-order valence-corrected chi connectivity index (χ1v) is 9.33. The van der Waals surface area contributed by atoms with Crippen molar-refractivity contribution in [3.05, 3.63) is 58.3 Å². The number of alkyl halides is 3.